The predicted octanol–water partition coefficient (Wildman–Crippen LogP) is 2.35. The molecular formula is C14H23N3. The molecule has 3 heteroatoms. The van der Waals surface area contributed by atoms with E-state index in [1.165, 1.54) is 44.3 Å². The molecule has 1 saturated heterocycles. The molecule has 0 amide bonds. The van der Waals surface area contributed by atoms with Gasteiger partial charge < -0.3 is 5.73 Å². The summed E-state index contributed by atoms with van der Waals surface area (Å²) in [6, 6.07) is 4.62. The summed E-state index contributed by atoms with van der Waals surface area (Å²) >= 11 is 0. The number of aromatic nitrogens is 1. The van der Waals surface area contributed by atoms with Crippen molar-refractivity contribution in [3.63, 3.8) is 0 Å². The molecule has 0 bridgehead atoms. The van der Waals surface area contributed by atoms with Crippen molar-refractivity contribution in [3.05, 3.63) is 30.1 Å². The molecule has 2 N–H and O–H groups in total. The van der Waals surface area contributed by atoms with Gasteiger partial charge in [0.1, 0.15) is 0 Å². The van der Waals surface area contributed by atoms with Crippen molar-refractivity contribution in [2.75, 3.05) is 13.1 Å². The van der Waals surface area contributed by atoms with Crippen molar-refractivity contribution in [2.45, 2.75) is 44.7 Å². The topological polar surface area (TPSA) is 42.1 Å². The highest BCUT2D eigenvalue weighted by Crippen LogP contribution is 2.25. The first-order valence-corrected chi connectivity index (χ1v) is 6.68. The molecule has 94 valence electrons. The van der Waals surface area contributed by atoms with E-state index in [4.69, 9.17) is 5.73 Å². The summed E-state index contributed by atoms with van der Waals surface area (Å²) in [7, 11) is 0. The molecule has 3 nitrogen and oxygen atoms in total. The van der Waals surface area contributed by atoms with E-state index >= 15 is 0 Å². The third-order valence-electron chi connectivity index (χ3n) is 3.56. The van der Waals surface area contributed by atoms with Crippen LogP contribution in [0, 0.1) is 0 Å². The lowest BCUT2D eigenvalue weighted by atomic mass is 10.0. The maximum Gasteiger partial charge on any atom is 0.0511 e. The molecule has 1 aromatic rings. The van der Waals surface area contributed by atoms with Gasteiger partial charge in [-0.15, -0.1) is 0 Å². The maximum absolute atomic E-state index is 6.18. The highest BCUT2D eigenvalue weighted by molar-refractivity contribution is 5.16. The fraction of sp³-hybridized carbons (Fsp3) is 0.643. The molecule has 1 aromatic heterocycles. The van der Waals surface area contributed by atoms with E-state index in [9.17, 15) is 0 Å². The summed E-state index contributed by atoms with van der Waals surface area (Å²) in [5, 5.41) is 0. The van der Waals surface area contributed by atoms with Crippen molar-refractivity contribution in [1.82, 2.24) is 9.88 Å². The zero-order chi connectivity index (χ0) is 12.1. The van der Waals surface area contributed by atoms with Crippen molar-refractivity contribution in [3.8, 4) is 0 Å². The van der Waals surface area contributed by atoms with Gasteiger partial charge in [0.15, 0.2) is 0 Å². The number of hydrogen-bond donors (Lipinski definition) is 1. The Morgan fingerprint density at radius 1 is 1.24 bits per heavy atom. The van der Waals surface area contributed by atoms with Gasteiger partial charge in [0.2, 0.25) is 0 Å². The van der Waals surface area contributed by atoms with Crippen molar-refractivity contribution >= 4 is 0 Å². The molecule has 1 fully saturated rings. The third kappa shape index (κ3) is 3.27. The van der Waals surface area contributed by atoms with Crippen LogP contribution in [0.25, 0.3) is 0 Å². The van der Waals surface area contributed by atoms with E-state index < -0.39 is 0 Å². The number of likely N-dealkylation sites (tertiary alicyclic amines) is 1. The first kappa shape index (κ1) is 12.5. The van der Waals surface area contributed by atoms with E-state index in [0.29, 0.717) is 6.04 Å². The van der Waals surface area contributed by atoms with Gasteiger partial charge in [0.25, 0.3) is 0 Å². The number of nitrogens with zero attached hydrogens (tertiary/aromatic N) is 2. The molecule has 2 heterocycles. The molecule has 2 rings (SSSR count). The Morgan fingerprint density at radius 2 is 1.94 bits per heavy atom. The second-order valence-corrected chi connectivity index (χ2v) is 5.04. The van der Waals surface area contributed by atoms with Gasteiger partial charge in [-0.05, 0) is 44.5 Å². The van der Waals surface area contributed by atoms with E-state index in [0.717, 1.165) is 0 Å². The summed E-state index contributed by atoms with van der Waals surface area (Å²) in [4.78, 5) is 6.76. The molecule has 0 aromatic carbocycles. The molecule has 0 spiro atoms. The van der Waals surface area contributed by atoms with Crippen LogP contribution in [0.4, 0.5) is 0 Å². The van der Waals surface area contributed by atoms with Crippen LogP contribution >= 0.6 is 0 Å². The summed E-state index contributed by atoms with van der Waals surface area (Å²) < 4.78 is 0. The number of rotatable bonds is 3. The quantitative estimate of drug-likeness (QED) is 0.871. The molecule has 2 unspecified atom stereocenters. The largest absolute Gasteiger partial charge is 0.326 e. The maximum atomic E-state index is 6.18. The molecule has 0 saturated carbocycles. The van der Waals surface area contributed by atoms with E-state index in [1.807, 2.05) is 18.5 Å². The van der Waals surface area contributed by atoms with Crippen molar-refractivity contribution < 1.29 is 0 Å². The first-order valence-electron chi connectivity index (χ1n) is 6.68. The standard InChI is InChI=1S/C14H23N3/c1-12(15)14(13-7-6-8-16-11-13)17-9-4-2-3-5-10-17/h6-8,11-12,14H,2-5,9-10,15H2,1H3. The lowest BCUT2D eigenvalue weighted by Gasteiger charge is -2.33. The van der Waals surface area contributed by atoms with E-state index in [-0.39, 0.29) is 6.04 Å². The Kier molecular flexibility index (Phi) is 4.51. The summed E-state index contributed by atoms with van der Waals surface area (Å²) in [5.74, 6) is 0. The monoisotopic (exact) mass is 233 g/mol. The predicted molar refractivity (Wildman–Crippen MR) is 70.7 cm³/mol. The van der Waals surface area contributed by atoms with Crippen LogP contribution in [0.15, 0.2) is 24.5 Å². The minimum Gasteiger partial charge on any atom is -0.326 e. The average molecular weight is 233 g/mol. The zero-order valence-electron chi connectivity index (χ0n) is 10.7. The minimum atomic E-state index is 0.150. The van der Waals surface area contributed by atoms with E-state index in [2.05, 4.69) is 22.9 Å². The smallest absolute Gasteiger partial charge is 0.0511 e. The lowest BCUT2D eigenvalue weighted by molar-refractivity contribution is 0.183. The minimum absolute atomic E-state index is 0.150. The lowest BCUT2D eigenvalue weighted by Crippen LogP contribution is -2.40. The van der Waals surface area contributed by atoms with Crippen molar-refractivity contribution in [1.29, 1.82) is 0 Å². The van der Waals surface area contributed by atoms with Crippen LogP contribution in [0.3, 0.4) is 0 Å². The summed E-state index contributed by atoms with van der Waals surface area (Å²) in [5.41, 5.74) is 7.44. The first-order chi connectivity index (χ1) is 8.29. The fourth-order valence-electron chi connectivity index (χ4n) is 2.77. The van der Waals surface area contributed by atoms with Crippen LogP contribution in [-0.4, -0.2) is 29.0 Å². The molecular weight excluding hydrogens is 210 g/mol. The second-order valence-electron chi connectivity index (χ2n) is 5.04. The molecule has 0 aliphatic carbocycles. The third-order valence-corrected chi connectivity index (χ3v) is 3.56. The Morgan fingerprint density at radius 3 is 2.47 bits per heavy atom. The van der Waals surface area contributed by atoms with Crippen LogP contribution in [-0.2, 0) is 0 Å². The van der Waals surface area contributed by atoms with Gasteiger partial charge in [0, 0.05) is 18.4 Å². The fourth-order valence-corrected chi connectivity index (χ4v) is 2.77. The molecule has 2 atom stereocenters. The van der Waals surface area contributed by atoms with Gasteiger partial charge in [-0.25, -0.2) is 0 Å². The van der Waals surface area contributed by atoms with Gasteiger partial charge in [-0.2, -0.15) is 0 Å². The summed E-state index contributed by atoms with van der Waals surface area (Å²) in [6.07, 6.45) is 9.08. The molecule has 17 heavy (non-hydrogen) atoms. The Labute approximate surface area is 104 Å². The highest BCUT2D eigenvalue weighted by Gasteiger charge is 2.24. The normalized spacial score (nSPS) is 21.8. The van der Waals surface area contributed by atoms with Crippen molar-refractivity contribution in [2.24, 2.45) is 5.73 Å². The van der Waals surface area contributed by atoms with Gasteiger partial charge >= 0.3 is 0 Å². The molecule has 1 aliphatic heterocycles. The Balaban J connectivity index is 2.16. The second kappa shape index (κ2) is 6.12. The molecule has 1 aliphatic rings. The number of nitrogens with two attached hydrogens (primary N) is 1. The van der Waals surface area contributed by atoms with Gasteiger partial charge in [-0.3, -0.25) is 9.88 Å². The SMILES string of the molecule is CC(N)C(c1cccnc1)N1CCCCCC1. The van der Waals surface area contributed by atoms with E-state index in [1.54, 1.807) is 0 Å². The molecule has 0 radical (unpaired) electrons. The number of hydrogen-bond acceptors (Lipinski definition) is 3. The highest BCUT2D eigenvalue weighted by atomic mass is 15.2. The van der Waals surface area contributed by atoms with Gasteiger partial charge in [-0.1, -0.05) is 18.9 Å². The Hall–Kier alpha value is -0.930. The number of pyridine rings is 1. The van der Waals surface area contributed by atoms with Crippen LogP contribution in [0.1, 0.15) is 44.2 Å². The summed E-state index contributed by atoms with van der Waals surface area (Å²) in [6.45, 7) is 4.44. The zero-order valence-corrected chi connectivity index (χ0v) is 10.7. The van der Waals surface area contributed by atoms with Gasteiger partial charge in [0.05, 0.1) is 6.04 Å². The Bertz CT molecular complexity index is 315. The average Bonchev–Trinajstić information content (AvgIpc) is 2.59. The van der Waals surface area contributed by atoms with Crippen LogP contribution < -0.4 is 5.73 Å². The van der Waals surface area contributed by atoms with Crippen LogP contribution in [0.2, 0.25) is 0 Å². The van der Waals surface area contributed by atoms with Crippen LogP contribution in [0.5, 0.6) is 0 Å².